The summed E-state index contributed by atoms with van der Waals surface area (Å²) in [7, 11) is -5.55. The van der Waals surface area contributed by atoms with E-state index < -0.39 is 54.9 Å². The Morgan fingerprint density at radius 1 is 0.759 bits per heavy atom. The van der Waals surface area contributed by atoms with Gasteiger partial charge in [-0.25, -0.2) is 8.78 Å². The standard InChI is InChI=1S/C20H22F4O4S/c1-19(2,3)10-8-7-9-11(20(4,5)6)16(10)28-17-12(21)14(23)18(29(25,26)27)15(24)13(17)22/h7-9H,1-6H3,(H,25,26,27). The molecule has 0 amide bonds. The number of ether oxygens (including phenoxy) is 1. The molecule has 0 spiro atoms. The number of halogens is 4. The molecular formula is C20H22F4O4S. The molecule has 0 atom stereocenters. The molecule has 2 aromatic carbocycles. The van der Waals surface area contributed by atoms with Crippen molar-refractivity contribution in [3.8, 4) is 11.5 Å². The quantitative estimate of drug-likeness (QED) is 0.372. The number of hydrogen-bond donors (Lipinski definition) is 1. The van der Waals surface area contributed by atoms with E-state index in [2.05, 4.69) is 0 Å². The summed E-state index contributed by atoms with van der Waals surface area (Å²) in [5.74, 6) is -10.1. The largest absolute Gasteiger partial charge is 0.450 e. The first-order chi connectivity index (χ1) is 13.0. The minimum atomic E-state index is -5.55. The monoisotopic (exact) mass is 434 g/mol. The third-order valence-corrected chi connectivity index (χ3v) is 5.15. The van der Waals surface area contributed by atoms with Gasteiger partial charge in [0.1, 0.15) is 5.75 Å². The lowest BCUT2D eigenvalue weighted by Gasteiger charge is -2.29. The molecule has 0 fully saturated rings. The summed E-state index contributed by atoms with van der Waals surface area (Å²) in [5.41, 5.74) is -0.0869. The fourth-order valence-corrected chi connectivity index (χ4v) is 3.47. The molecular weight excluding hydrogens is 412 g/mol. The maximum atomic E-state index is 14.5. The van der Waals surface area contributed by atoms with Gasteiger partial charge in [-0.05, 0) is 10.8 Å². The van der Waals surface area contributed by atoms with Gasteiger partial charge in [0.25, 0.3) is 0 Å². The summed E-state index contributed by atoms with van der Waals surface area (Å²) in [6.07, 6.45) is 0. The maximum Gasteiger partial charge on any atom is 0.300 e. The molecule has 0 aliphatic heterocycles. The van der Waals surface area contributed by atoms with Crippen LogP contribution >= 0.6 is 0 Å². The van der Waals surface area contributed by atoms with E-state index in [0.717, 1.165) is 0 Å². The van der Waals surface area contributed by atoms with Crippen LogP contribution in [0.15, 0.2) is 23.1 Å². The molecule has 0 aliphatic rings. The predicted octanol–water partition coefficient (Wildman–Crippen LogP) is 5.88. The first-order valence-corrected chi connectivity index (χ1v) is 10.1. The second-order valence-electron chi connectivity index (χ2n) is 8.67. The highest BCUT2D eigenvalue weighted by molar-refractivity contribution is 7.85. The minimum Gasteiger partial charge on any atom is -0.450 e. The summed E-state index contributed by atoms with van der Waals surface area (Å²) < 4.78 is 93.8. The van der Waals surface area contributed by atoms with E-state index in [1.165, 1.54) is 0 Å². The van der Waals surface area contributed by atoms with Crippen LogP contribution in [0.5, 0.6) is 11.5 Å². The van der Waals surface area contributed by atoms with Crippen LogP contribution in [0.1, 0.15) is 52.7 Å². The lowest BCUT2D eigenvalue weighted by atomic mass is 9.79. The van der Waals surface area contributed by atoms with Crippen molar-refractivity contribution in [2.75, 3.05) is 0 Å². The molecule has 4 nitrogen and oxygen atoms in total. The third kappa shape index (κ3) is 4.40. The molecule has 0 saturated heterocycles. The molecule has 0 saturated carbocycles. The van der Waals surface area contributed by atoms with Crippen LogP contribution in [0.25, 0.3) is 0 Å². The lowest BCUT2D eigenvalue weighted by molar-refractivity contribution is 0.337. The molecule has 0 aliphatic carbocycles. The molecule has 0 aromatic heterocycles. The van der Waals surface area contributed by atoms with Crippen molar-refractivity contribution in [2.45, 2.75) is 57.3 Å². The van der Waals surface area contributed by atoms with Crippen LogP contribution < -0.4 is 4.74 Å². The van der Waals surface area contributed by atoms with E-state index >= 15 is 0 Å². The highest BCUT2D eigenvalue weighted by Crippen LogP contribution is 2.44. The van der Waals surface area contributed by atoms with Crippen molar-refractivity contribution in [3.05, 3.63) is 52.6 Å². The highest BCUT2D eigenvalue weighted by atomic mass is 32.2. The van der Waals surface area contributed by atoms with Crippen molar-refractivity contribution < 1.29 is 35.3 Å². The fourth-order valence-electron chi connectivity index (χ4n) is 2.84. The normalized spacial score (nSPS) is 12.9. The van der Waals surface area contributed by atoms with Gasteiger partial charge in [0.15, 0.2) is 16.5 Å². The molecule has 160 valence electrons. The van der Waals surface area contributed by atoms with Gasteiger partial charge in [-0.15, -0.1) is 0 Å². The number of rotatable bonds is 3. The van der Waals surface area contributed by atoms with Gasteiger partial charge in [-0.2, -0.15) is 17.2 Å². The molecule has 2 rings (SSSR count). The number of hydrogen-bond acceptors (Lipinski definition) is 3. The molecule has 0 radical (unpaired) electrons. The molecule has 1 N–H and O–H groups in total. The Kier molecular flexibility index (Phi) is 5.81. The van der Waals surface area contributed by atoms with Gasteiger partial charge in [0.05, 0.1) is 0 Å². The van der Waals surface area contributed by atoms with E-state index in [0.29, 0.717) is 11.1 Å². The van der Waals surface area contributed by atoms with Gasteiger partial charge >= 0.3 is 10.1 Å². The second kappa shape index (κ2) is 7.28. The van der Waals surface area contributed by atoms with Crippen molar-refractivity contribution in [1.29, 1.82) is 0 Å². The predicted molar refractivity (Wildman–Crippen MR) is 100 cm³/mol. The average Bonchev–Trinajstić information content (AvgIpc) is 2.54. The first kappa shape index (κ1) is 23.2. The Hall–Kier alpha value is -2.13. The zero-order valence-electron chi connectivity index (χ0n) is 16.8. The maximum absolute atomic E-state index is 14.5. The lowest BCUT2D eigenvalue weighted by Crippen LogP contribution is -2.19. The summed E-state index contributed by atoms with van der Waals surface area (Å²) in [4.78, 5) is -2.11. The topological polar surface area (TPSA) is 63.6 Å². The van der Waals surface area contributed by atoms with Gasteiger partial charge in [0.2, 0.25) is 17.4 Å². The van der Waals surface area contributed by atoms with Crippen molar-refractivity contribution in [2.24, 2.45) is 0 Å². The van der Waals surface area contributed by atoms with Crippen LogP contribution in [-0.2, 0) is 20.9 Å². The van der Waals surface area contributed by atoms with Crippen LogP contribution in [0, 0.1) is 23.3 Å². The van der Waals surface area contributed by atoms with E-state index in [-0.39, 0.29) is 5.75 Å². The van der Waals surface area contributed by atoms with E-state index in [1.54, 1.807) is 18.2 Å². The van der Waals surface area contributed by atoms with Crippen LogP contribution in [-0.4, -0.2) is 13.0 Å². The Balaban J connectivity index is 2.86. The first-order valence-electron chi connectivity index (χ1n) is 8.63. The Bertz CT molecular complexity index is 1000. The van der Waals surface area contributed by atoms with Gasteiger partial charge in [-0.1, -0.05) is 59.7 Å². The van der Waals surface area contributed by atoms with Crippen LogP contribution in [0.3, 0.4) is 0 Å². The molecule has 0 bridgehead atoms. The van der Waals surface area contributed by atoms with Gasteiger partial charge in [0, 0.05) is 11.1 Å². The number of para-hydroxylation sites is 1. The van der Waals surface area contributed by atoms with E-state index in [1.807, 2.05) is 41.5 Å². The van der Waals surface area contributed by atoms with Crippen LogP contribution in [0.4, 0.5) is 17.6 Å². The van der Waals surface area contributed by atoms with Gasteiger partial charge < -0.3 is 4.74 Å². The number of benzene rings is 2. The summed E-state index contributed by atoms with van der Waals surface area (Å²) in [5, 5.41) is 0. The van der Waals surface area contributed by atoms with Crippen molar-refractivity contribution >= 4 is 10.1 Å². The Morgan fingerprint density at radius 2 is 1.14 bits per heavy atom. The summed E-state index contributed by atoms with van der Waals surface area (Å²) >= 11 is 0. The Labute approximate surface area is 167 Å². The van der Waals surface area contributed by atoms with E-state index in [4.69, 9.17) is 9.29 Å². The van der Waals surface area contributed by atoms with Crippen molar-refractivity contribution in [1.82, 2.24) is 0 Å². The molecule has 0 heterocycles. The minimum absolute atomic E-state index is 0.00343. The highest BCUT2D eigenvalue weighted by Gasteiger charge is 2.35. The summed E-state index contributed by atoms with van der Waals surface area (Å²) in [6.45, 7) is 10.9. The summed E-state index contributed by atoms with van der Waals surface area (Å²) in [6, 6.07) is 5.03. The average molecular weight is 434 g/mol. The van der Waals surface area contributed by atoms with Crippen LogP contribution in [0.2, 0.25) is 0 Å². The molecule has 0 unspecified atom stereocenters. The van der Waals surface area contributed by atoms with Crippen molar-refractivity contribution in [3.63, 3.8) is 0 Å². The molecule has 9 heteroatoms. The Morgan fingerprint density at radius 3 is 1.45 bits per heavy atom. The second-order valence-corrected chi connectivity index (χ2v) is 10.0. The zero-order chi connectivity index (χ0) is 22.5. The zero-order valence-corrected chi connectivity index (χ0v) is 17.6. The van der Waals surface area contributed by atoms with E-state index in [9.17, 15) is 26.0 Å². The fraction of sp³-hybridized carbons (Fsp3) is 0.400. The molecule has 2 aromatic rings. The molecule has 29 heavy (non-hydrogen) atoms. The smallest absolute Gasteiger partial charge is 0.300 e. The van der Waals surface area contributed by atoms with Gasteiger partial charge in [-0.3, -0.25) is 4.55 Å². The SMILES string of the molecule is CC(C)(C)c1cccc(C(C)(C)C)c1Oc1c(F)c(F)c(S(=O)(=O)O)c(F)c1F. The third-order valence-electron chi connectivity index (χ3n) is 4.28.